The molecule has 1 amide bonds. The molecular weight excluding hydrogens is 312 g/mol. The van der Waals surface area contributed by atoms with E-state index in [0.29, 0.717) is 6.04 Å². The average Bonchev–Trinajstić information content (AvgIpc) is 2.68. The summed E-state index contributed by atoms with van der Waals surface area (Å²) >= 11 is 0. The van der Waals surface area contributed by atoms with Crippen molar-refractivity contribution in [2.24, 2.45) is 0 Å². The van der Waals surface area contributed by atoms with Gasteiger partial charge in [0.25, 0.3) is 5.91 Å². The maximum Gasteiger partial charge on any atom is 0.253 e. The summed E-state index contributed by atoms with van der Waals surface area (Å²) in [5.41, 5.74) is 2.75. The topological polar surface area (TPSA) is 43.8 Å². The number of carbonyl (C=O) groups is 1. The van der Waals surface area contributed by atoms with E-state index in [1.165, 1.54) is 25.8 Å². The highest BCUT2D eigenvalue weighted by Crippen LogP contribution is 2.25. The average molecular weight is 336 g/mol. The van der Waals surface area contributed by atoms with Crippen LogP contribution in [-0.2, 0) is 0 Å². The molecule has 4 rings (SSSR count). The summed E-state index contributed by atoms with van der Waals surface area (Å²) < 4.78 is 0. The zero-order valence-corrected chi connectivity index (χ0v) is 14.4. The molecule has 2 aliphatic rings. The van der Waals surface area contributed by atoms with E-state index in [1.54, 1.807) is 12.1 Å². The summed E-state index contributed by atoms with van der Waals surface area (Å²) in [7, 11) is 0. The molecule has 130 valence electrons. The summed E-state index contributed by atoms with van der Waals surface area (Å²) in [6.45, 7) is 3.85. The first-order chi connectivity index (χ1) is 12.2. The van der Waals surface area contributed by atoms with Gasteiger partial charge in [0.15, 0.2) is 0 Å². The van der Waals surface area contributed by atoms with Gasteiger partial charge in [-0.2, -0.15) is 0 Å². The minimum atomic E-state index is 0.130. The highest BCUT2D eigenvalue weighted by molar-refractivity contribution is 5.95. The standard InChI is InChI=1S/C21H24N2O2/c24-20-9-7-16(8-10-20)17-4-3-5-18(14-17)21(25)23-13-12-22-11-2-1-6-19(22)15-23/h3-5,7-10,14,19,24H,1-2,6,11-13,15H2/t19-/m0/s1. The quantitative estimate of drug-likeness (QED) is 0.914. The third-order valence-corrected chi connectivity index (χ3v) is 5.43. The molecule has 2 aromatic rings. The van der Waals surface area contributed by atoms with Gasteiger partial charge < -0.3 is 10.0 Å². The van der Waals surface area contributed by atoms with Gasteiger partial charge in [-0.25, -0.2) is 0 Å². The number of amides is 1. The zero-order chi connectivity index (χ0) is 17.2. The summed E-state index contributed by atoms with van der Waals surface area (Å²) in [6.07, 6.45) is 3.77. The number of rotatable bonds is 2. The Hall–Kier alpha value is -2.33. The molecule has 0 aliphatic carbocycles. The predicted octanol–water partition coefficient (Wildman–Crippen LogP) is 3.37. The Kier molecular flexibility index (Phi) is 4.45. The Morgan fingerprint density at radius 1 is 0.960 bits per heavy atom. The second-order valence-corrected chi connectivity index (χ2v) is 7.06. The number of piperazine rings is 1. The molecule has 2 saturated heterocycles. The van der Waals surface area contributed by atoms with Crippen LogP contribution in [0.25, 0.3) is 11.1 Å². The second kappa shape index (κ2) is 6.89. The molecule has 0 spiro atoms. The Balaban J connectivity index is 1.52. The lowest BCUT2D eigenvalue weighted by molar-refractivity contribution is 0.0372. The number of carbonyl (C=O) groups excluding carboxylic acids is 1. The fraction of sp³-hybridized carbons (Fsp3) is 0.381. The Bertz CT molecular complexity index is 757. The number of nitrogens with zero attached hydrogens (tertiary/aromatic N) is 2. The van der Waals surface area contributed by atoms with Gasteiger partial charge in [0.05, 0.1) is 0 Å². The fourth-order valence-electron chi connectivity index (χ4n) is 4.01. The molecule has 0 saturated carbocycles. The predicted molar refractivity (Wildman–Crippen MR) is 98.7 cm³/mol. The van der Waals surface area contributed by atoms with Crippen LogP contribution in [0.15, 0.2) is 48.5 Å². The van der Waals surface area contributed by atoms with E-state index in [-0.39, 0.29) is 11.7 Å². The third-order valence-electron chi connectivity index (χ3n) is 5.43. The van der Waals surface area contributed by atoms with Crippen LogP contribution < -0.4 is 0 Å². The molecule has 2 fully saturated rings. The van der Waals surface area contributed by atoms with Crippen molar-refractivity contribution in [3.8, 4) is 16.9 Å². The lowest BCUT2D eigenvalue weighted by Crippen LogP contribution is -2.56. The van der Waals surface area contributed by atoms with Gasteiger partial charge in [0, 0.05) is 31.2 Å². The van der Waals surface area contributed by atoms with E-state index in [0.717, 1.165) is 36.3 Å². The molecule has 4 heteroatoms. The SMILES string of the molecule is O=C(c1cccc(-c2ccc(O)cc2)c1)N1CCN2CCCC[C@H]2C1. The van der Waals surface area contributed by atoms with Crippen LogP contribution >= 0.6 is 0 Å². The largest absolute Gasteiger partial charge is 0.508 e. The molecule has 0 bridgehead atoms. The van der Waals surface area contributed by atoms with Gasteiger partial charge in [-0.15, -0.1) is 0 Å². The van der Waals surface area contributed by atoms with E-state index < -0.39 is 0 Å². The van der Waals surface area contributed by atoms with Crippen molar-refractivity contribution in [3.63, 3.8) is 0 Å². The lowest BCUT2D eigenvalue weighted by atomic mass is 9.98. The molecule has 2 aliphatic heterocycles. The van der Waals surface area contributed by atoms with Crippen LogP contribution in [0.5, 0.6) is 5.75 Å². The number of fused-ring (bicyclic) bond motifs is 1. The molecule has 4 nitrogen and oxygen atoms in total. The Morgan fingerprint density at radius 3 is 2.64 bits per heavy atom. The summed E-state index contributed by atoms with van der Waals surface area (Å²) in [5, 5.41) is 9.45. The molecule has 0 unspecified atom stereocenters. The van der Waals surface area contributed by atoms with Crippen molar-refractivity contribution >= 4 is 5.91 Å². The van der Waals surface area contributed by atoms with Crippen LogP contribution in [0.2, 0.25) is 0 Å². The maximum absolute atomic E-state index is 13.0. The molecule has 25 heavy (non-hydrogen) atoms. The Labute approximate surface area is 148 Å². The number of benzene rings is 2. The molecule has 2 heterocycles. The van der Waals surface area contributed by atoms with Crippen LogP contribution in [0, 0.1) is 0 Å². The van der Waals surface area contributed by atoms with Crippen molar-refractivity contribution in [3.05, 3.63) is 54.1 Å². The minimum absolute atomic E-state index is 0.130. The van der Waals surface area contributed by atoms with Gasteiger partial charge >= 0.3 is 0 Å². The van der Waals surface area contributed by atoms with E-state index in [9.17, 15) is 9.90 Å². The number of aromatic hydroxyl groups is 1. The highest BCUT2D eigenvalue weighted by Gasteiger charge is 2.31. The van der Waals surface area contributed by atoms with Crippen LogP contribution in [0.3, 0.4) is 0 Å². The first-order valence-corrected chi connectivity index (χ1v) is 9.13. The highest BCUT2D eigenvalue weighted by atomic mass is 16.3. The van der Waals surface area contributed by atoms with Crippen molar-refractivity contribution in [2.45, 2.75) is 25.3 Å². The Morgan fingerprint density at radius 2 is 1.80 bits per heavy atom. The van der Waals surface area contributed by atoms with Gasteiger partial charge in [-0.05, 0) is 54.8 Å². The number of hydrogen-bond donors (Lipinski definition) is 1. The fourth-order valence-corrected chi connectivity index (χ4v) is 4.01. The van der Waals surface area contributed by atoms with Gasteiger partial charge in [0.1, 0.15) is 5.75 Å². The zero-order valence-electron chi connectivity index (χ0n) is 14.4. The first kappa shape index (κ1) is 16.2. The monoisotopic (exact) mass is 336 g/mol. The van der Waals surface area contributed by atoms with Crippen molar-refractivity contribution in [1.29, 1.82) is 0 Å². The number of phenols is 1. The number of hydrogen-bond acceptors (Lipinski definition) is 3. The summed E-state index contributed by atoms with van der Waals surface area (Å²) in [6, 6.07) is 15.4. The van der Waals surface area contributed by atoms with E-state index >= 15 is 0 Å². The number of phenolic OH excluding ortho intramolecular Hbond substituents is 1. The number of piperidine rings is 1. The van der Waals surface area contributed by atoms with Crippen molar-refractivity contribution in [2.75, 3.05) is 26.2 Å². The minimum Gasteiger partial charge on any atom is -0.508 e. The van der Waals surface area contributed by atoms with Crippen LogP contribution in [0.1, 0.15) is 29.6 Å². The first-order valence-electron chi connectivity index (χ1n) is 9.13. The molecule has 2 aromatic carbocycles. The molecule has 0 radical (unpaired) electrons. The van der Waals surface area contributed by atoms with Crippen molar-refractivity contribution < 1.29 is 9.90 Å². The third kappa shape index (κ3) is 3.40. The van der Waals surface area contributed by atoms with E-state index in [1.807, 2.05) is 41.3 Å². The van der Waals surface area contributed by atoms with E-state index in [4.69, 9.17) is 0 Å². The van der Waals surface area contributed by atoms with Gasteiger partial charge in [-0.1, -0.05) is 30.7 Å². The molecular formula is C21H24N2O2. The van der Waals surface area contributed by atoms with Crippen molar-refractivity contribution in [1.82, 2.24) is 9.80 Å². The summed E-state index contributed by atoms with van der Waals surface area (Å²) in [5.74, 6) is 0.382. The second-order valence-electron chi connectivity index (χ2n) is 7.06. The van der Waals surface area contributed by atoms with Gasteiger partial charge in [0.2, 0.25) is 0 Å². The smallest absolute Gasteiger partial charge is 0.253 e. The van der Waals surface area contributed by atoms with E-state index in [2.05, 4.69) is 4.90 Å². The lowest BCUT2D eigenvalue weighted by Gasteiger charge is -2.44. The molecule has 1 N–H and O–H groups in total. The van der Waals surface area contributed by atoms with Crippen LogP contribution in [-0.4, -0.2) is 53.0 Å². The van der Waals surface area contributed by atoms with Crippen LogP contribution in [0.4, 0.5) is 0 Å². The molecule has 0 aromatic heterocycles. The summed E-state index contributed by atoms with van der Waals surface area (Å²) in [4.78, 5) is 17.5. The molecule has 1 atom stereocenters. The maximum atomic E-state index is 13.0. The van der Waals surface area contributed by atoms with Gasteiger partial charge in [-0.3, -0.25) is 9.69 Å². The normalized spacial score (nSPS) is 21.0.